The van der Waals surface area contributed by atoms with Crippen molar-refractivity contribution in [3.63, 3.8) is 0 Å². The molecular formula is C13H18N2O4. The van der Waals surface area contributed by atoms with Gasteiger partial charge in [0.05, 0.1) is 13.7 Å². The van der Waals surface area contributed by atoms with Crippen molar-refractivity contribution in [1.82, 2.24) is 5.32 Å². The molecule has 2 N–H and O–H groups in total. The van der Waals surface area contributed by atoms with Gasteiger partial charge in [0.2, 0.25) is 5.91 Å². The highest BCUT2D eigenvalue weighted by molar-refractivity contribution is 5.92. The summed E-state index contributed by atoms with van der Waals surface area (Å²) in [6.45, 7) is 2.81. The Morgan fingerprint density at radius 1 is 1.21 bits per heavy atom. The van der Waals surface area contributed by atoms with Crippen LogP contribution in [-0.2, 0) is 14.3 Å². The Hall–Kier alpha value is -2.08. The van der Waals surface area contributed by atoms with E-state index in [4.69, 9.17) is 4.74 Å². The summed E-state index contributed by atoms with van der Waals surface area (Å²) in [5, 5.41) is 5.66. The van der Waals surface area contributed by atoms with Crippen LogP contribution in [0.25, 0.3) is 0 Å². The van der Waals surface area contributed by atoms with Gasteiger partial charge in [-0.2, -0.15) is 0 Å². The number of esters is 1. The Kier molecular flexibility index (Phi) is 6.38. The van der Waals surface area contributed by atoms with Crippen LogP contribution in [0.15, 0.2) is 24.3 Å². The number of methoxy groups -OCH3 is 1. The van der Waals surface area contributed by atoms with Gasteiger partial charge in [-0.15, -0.1) is 0 Å². The van der Waals surface area contributed by atoms with Crippen molar-refractivity contribution >= 4 is 17.6 Å². The summed E-state index contributed by atoms with van der Waals surface area (Å²) in [5.41, 5.74) is 0.674. The fourth-order valence-electron chi connectivity index (χ4n) is 1.28. The van der Waals surface area contributed by atoms with Gasteiger partial charge in [-0.3, -0.25) is 4.79 Å². The number of anilines is 1. The van der Waals surface area contributed by atoms with Crippen molar-refractivity contribution in [2.45, 2.75) is 6.92 Å². The number of hydrogen-bond donors (Lipinski definition) is 2. The number of carbonyl (C=O) groups is 2. The lowest BCUT2D eigenvalue weighted by Gasteiger charge is -2.07. The molecule has 0 aliphatic heterocycles. The molecule has 1 rings (SSSR count). The summed E-state index contributed by atoms with van der Waals surface area (Å²) >= 11 is 0. The van der Waals surface area contributed by atoms with E-state index in [2.05, 4.69) is 15.4 Å². The van der Waals surface area contributed by atoms with Gasteiger partial charge in [-0.05, 0) is 30.8 Å². The number of ether oxygens (including phenoxy) is 2. The summed E-state index contributed by atoms with van der Waals surface area (Å²) in [7, 11) is 1.30. The summed E-state index contributed by atoms with van der Waals surface area (Å²) in [6.07, 6.45) is 0. The maximum atomic E-state index is 11.4. The summed E-state index contributed by atoms with van der Waals surface area (Å²) in [6, 6.07) is 6.75. The molecule has 0 saturated heterocycles. The normalized spacial score (nSPS) is 9.79. The lowest BCUT2D eigenvalue weighted by Crippen LogP contribution is -2.27. The zero-order valence-electron chi connectivity index (χ0n) is 11.1. The molecule has 0 unspecified atom stereocenters. The summed E-state index contributed by atoms with van der Waals surface area (Å²) in [4.78, 5) is 22.3. The number of amides is 1. The minimum Gasteiger partial charge on any atom is -0.482 e. The minimum atomic E-state index is -0.442. The Balaban J connectivity index is 2.43. The third kappa shape index (κ3) is 5.87. The van der Waals surface area contributed by atoms with Crippen LogP contribution in [0.2, 0.25) is 0 Å². The molecule has 6 heteroatoms. The largest absolute Gasteiger partial charge is 0.482 e. The molecular weight excluding hydrogens is 248 g/mol. The topological polar surface area (TPSA) is 76.7 Å². The average Bonchev–Trinajstić information content (AvgIpc) is 2.44. The lowest BCUT2D eigenvalue weighted by molar-refractivity contribution is -0.142. The molecule has 0 aromatic heterocycles. The molecule has 0 saturated carbocycles. The van der Waals surface area contributed by atoms with Crippen molar-refractivity contribution < 1.29 is 19.1 Å². The van der Waals surface area contributed by atoms with Crippen LogP contribution in [0.3, 0.4) is 0 Å². The van der Waals surface area contributed by atoms with Gasteiger partial charge in [-0.1, -0.05) is 6.92 Å². The molecule has 0 radical (unpaired) electrons. The Bertz CT molecular complexity index is 417. The predicted octanol–water partition coefficient (Wildman–Crippen LogP) is 0.786. The molecule has 0 bridgehead atoms. The fraction of sp³-hybridized carbons (Fsp3) is 0.385. The maximum absolute atomic E-state index is 11.4. The van der Waals surface area contributed by atoms with Crippen molar-refractivity contribution in [3.05, 3.63) is 24.3 Å². The van der Waals surface area contributed by atoms with Gasteiger partial charge >= 0.3 is 5.97 Å². The van der Waals surface area contributed by atoms with E-state index in [0.29, 0.717) is 11.4 Å². The van der Waals surface area contributed by atoms with Crippen molar-refractivity contribution in [2.24, 2.45) is 0 Å². The molecule has 0 spiro atoms. The third-order valence-electron chi connectivity index (χ3n) is 2.26. The van der Waals surface area contributed by atoms with Crippen LogP contribution < -0.4 is 15.4 Å². The molecule has 6 nitrogen and oxygen atoms in total. The van der Waals surface area contributed by atoms with Gasteiger partial charge in [0.1, 0.15) is 5.75 Å². The average molecular weight is 266 g/mol. The van der Waals surface area contributed by atoms with Gasteiger partial charge in [0.25, 0.3) is 0 Å². The lowest BCUT2D eigenvalue weighted by atomic mass is 10.3. The van der Waals surface area contributed by atoms with Crippen molar-refractivity contribution in [1.29, 1.82) is 0 Å². The SMILES string of the molecule is CCNCC(=O)Nc1ccc(OCC(=O)OC)cc1. The molecule has 0 fully saturated rings. The fourth-order valence-corrected chi connectivity index (χ4v) is 1.28. The number of rotatable bonds is 7. The van der Waals surface area contributed by atoms with E-state index in [1.807, 2.05) is 6.92 Å². The first-order chi connectivity index (χ1) is 9.15. The molecule has 0 atom stereocenters. The highest BCUT2D eigenvalue weighted by Crippen LogP contribution is 2.15. The van der Waals surface area contributed by atoms with Gasteiger partial charge < -0.3 is 20.1 Å². The molecule has 0 aliphatic carbocycles. The zero-order valence-corrected chi connectivity index (χ0v) is 11.1. The molecule has 1 aromatic carbocycles. The highest BCUT2D eigenvalue weighted by atomic mass is 16.6. The van der Waals surface area contributed by atoms with Crippen LogP contribution in [-0.4, -0.2) is 38.7 Å². The predicted molar refractivity (Wildman–Crippen MR) is 71.1 cm³/mol. The van der Waals surface area contributed by atoms with Gasteiger partial charge in [0, 0.05) is 5.69 Å². The number of nitrogens with one attached hydrogen (secondary N) is 2. The number of carbonyl (C=O) groups excluding carboxylic acids is 2. The molecule has 1 aromatic rings. The second-order valence-corrected chi connectivity index (χ2v) is 3.72. The van der Waals surface area contributed by atoms with Crippen LogP contribution in [0.4, 0.5) is 5.69 Å². The molecule has 1 amide bonds. The first-order valence-corrected chi connectivity index (χ1v) is 5.96. The van der Waals surface area contributed by atoms with E-state index in [-0.39, 0.29) is 19.1 Å². The van der Waals surface area contributed by atoms with Crippen LogP contribution in [0.5, 0.6) is 5.75 Å². The Labute approximate surface area is 112 Å². The molecule has 19 heavy (non-hydrogen) atoms. The molecule has 0 heterocycles. The second-order valence-electron chi connectivity index (χ2n) is 3.72. The van der Waals surface area contributed by atoms with Gasteiger partial charge in [0.15, 0.2) is 6.61 Å². The second kappa shape index (κ2) is 8.10. The number of likely N-dealkylation sites (N-methyl/N-ethyl adjacent to an activating group) is 1. The van der Waals surface area contributed by atoms with Crippen molar-refractivity contribution in [2.75, 3.05) is 32.1 Å². The quantitative estimate of drug-likeness (QED) is 0.713. The minimum absolute atomic E-state index is 0.106. The van der Waals surface area contributed by atoms with Crippen molar-refractivity contribution in [3.8, 4) is 5.75 Å². The summed E-state index contributed by atoms with van der Waals surface area (Å²) < 4.78 is 9.64. The monoisotopic (exact) mass is 266 g/mol. The molecule has 0 aliphatic rings. The van der Waals surface area contributed by atoms with E-state index >= 15 is 0 Å². The highest BCUT2D eigenvalue weighted by Gasteiger charge is 2.03. The Morgan fingerprint density at radius 3 is 2.47 bits per heavy atom. The maximum Gasteiger partial charge on any atom is 0.343 e. The third-order valence-corrected chi connectivity index (χ3v) is 2.26. The van der Waals surface area contributed by atoms with Crippen LogP contribution in [0, 0.1) is 0 Å². The Morgan fingerprint density at radius 2 is 1.89 bits per heavy atom. The van der Waals surface area contributed by atoms with Gasteiger partial charge in [-0.25, -0.2) is 4.79 Å². The van der Waals surface area contributed by atoms with Crippen LogP contribution in [0.1, 0.15) is 6.92 Å². The van der Waals surface area contributed by atoms with E-state index in [1.54, 1.807) is 24.3 Å². The first-order valence-electron chi connectivity index (χ1n) is 5.96. The van der Waals surface area contributed by atoms with E-state index < -0.39 is 5.97 Å². The number of hydrogen-bond acceptors (Lipinski definition) is 5. The van der Waals surface area contributed by atoms with Crippen LogP contribution >= 0.6 is 0 Å². The smallest absolute Gasteiger partial charge is 0.343 e. The summed E-state index contributed by atoms with van der Waals surface area (Å²) in [5.74, 6) is -0.0109. The number of benzene rings is 1. The standard InChI is InChI=1S/C13H18N2O4/c1-3-14-8-12(16)15-10-4-6-11(7-5-10)19-9-13(17)18-2/h4-7,14H,3,8-9H2,1-2H3,(H,15,16). The zero-order chi connectivity index (χ0) is 14.1. The molecule has 104 valence electrons. The van der Waals surface area contributed by atoms with E-state index in [1.165, 1.54) is 7.11 Å². The first kappa shape index (κ1) is 15.0. The van der Waals surface area contributed by atoms with E-state index in [9.17, 15) is 9.59 Å². The van der Waals surface area contributed by atoms with E-state index in [0.717, 1.165) is 6.54 Å².